The van der Waals surface area contributed by atoms with Crippen molar-refractivity contribution in [3.8, 4) is 0 Å². The van der Waals surface area contributed by atoms with Crippen LogP contribution < -0.4 is 0 Å². The molecule has 90 valence electrons. The molecule has 0 amide bonds. The molecule has 1 aromatic carbocycles. The van der Waals surface area contributed by atoms with Crippen LogP contribution in [0.1, 0.15) is 11.7 Å². The molecule has 7 heteroatoms. The minimum absolute atomic E-state index is 0.267. The van der Waals surface area contributed by atoms with Gasteiger partial charge in [0.1, 0.15) is 6.10 Å². The van der Waals surface area contributed by atoms with E-state index in [1.165, 1.54) is 12.1 Å². The van der Waals surface area contributed by atoms with Gasteiger partial charge in [0, 0.05) is 5.02 Å². The van der Waals surface area contributed by atoms with E-state index in [4.69, 9.17) is 11.6 Å². The number of rotatable bonds is 4. The van der Waals surface area contributed by atoms with E-state index in [0.29, 0.717) is 5.02 Å². The van der Waals surface area contributed by atoms with Gasteiger partial charge in [-0.2, -0.15) is 8.42 Å². The van der Waals surface area contributed by atoms with Gasteiger partial charge in [0.2, 0.25) is 6.29 Å². The Bertz CT molecular complexity index is 459. The summed E-state index contributed by atoms with van der Waals surface area (Å²) >= 11 is 5.67. The first-order valence-corrected chi connectivity index (χ1v) is 6.49. The molecule has 5 nitrogen and oxygen atoms in total. The predicted molar refractivity (Wildman–Crippen MR) is 58.3 cm³/mol. The summed E-state index contributed by atoms with van der Waals surface area (Å²) in [6, 6.07) is 6.04. The van der Waals surface area contributed by atoms with Gasteiger partial charge in [-0.3, -0.25) is 0 Å². The number of hydrogen-bond acceptors (Lipinski definition) is 5. The highest BCUT2D eigenvalue weighted by atomic mass is 35.5. The van der Waals surface area contributed by atoms with E-state index in [0.717, 1.165) is 6.26 Å². The zero-order valence-electron chi connectivity index (χ0n) is 8.37. The lowest BCUT2D eigenvalue weighted by atomic mass is 10.1. The summed E-state index contributed by atoms with van der Waals surface area (Å²) in [6.07, 6.45) is -2.55. The molecular formula is C9H11ClO5S. The number of aliphatic hydroxyl groups excluding tert-OH is 2. The molecule has 0 spiro atoms. The van der Waals surface area contributed by atoms with Crippen molar-refractivity contribution in [3.05, 3.63) is 34.9 Å². The van der Waals surface area contributed by atoms with Gasteiger partial charge >= 0.3 is 0 Å². The molecule has 16 heavy (non-hydrogen) atoms. The second-order valence-corrected chi connectivity index (χ2v) is 5.23. The normalized spacial score (nSPS) is 15.8. The van der Waals surface area contributed by atoms with Crippen LogP contribution >= 0.6 is 11.6 Å². The Balaban J connectivity index is 2.82. The average molecular weight is 267 g/mol. The molecule has 2 N–H and O–H groups in total. The Labute approximate surface area is 98.4 Å². The summed E-state index contributed by atoms with van der Waals surface area (Å²) in [7, 11) is -3.83. The fourth-order valence-corrected chi connectivity index (χ4v) is 1.75. The first kappa shape index (κ1) is 13.4. The molecule has 1 unspecified atom stereocenters. The molecule has 0 saturated carbocycles. The van der Waals surface area contributed by atoms with Gasteiger partial charge in [-0.25, -0.2) is 4.18 Å². The molecule has 0 aliphatic heterocycles. The van der Waals surface area contributed by atoms with Gasteiger partial charge in [-0.1, -0.05) is 23.7 Å². The van der Waals surface area contributed by atoms with Crippen LogP contribution in [0.3, 0.4) is 0 Å². The van der Waals surface area contributed by atoms with Crippen molar-refractivity contribution >= 4 is 21.7 Å². The third kappa shape index (κ3) is 4.07. The SMILES string of the molecule is CS(=O)(=O)OC(O)[C@H](O)c1cccc(Cl)c1. The summed E-state index contributed by atoms with van der Waals surface area (Å²) in [6.45, 7) is 0. The number of hydrogen-bond donors (Lipinski definition) is 2. The lowest BCUT2D eigenvalue weighted by Gasteiger charge is -2.17. The summed E-state index contributed by atoms with van der Waals surface area (Å²) < 4.78 is 25.7. The van der Waals surface area contributed by atoms with E-state index in [2.05, 4.69) is 4.18 Å². The highest BCUT2D eigenvalue weighted by Gasteiger charge is 2.23. The summed E-state index contributed by atoms with van der Waals surface area (Å²) in [5.41, 5.74) is 0.267. The largest absolute Gasteiger partial charge is 0.383 e. The van der Waals surface area contributed by atoms with E-state index in [9.17, 15) is 18.6 Å². The molecular weight excluding hydrogens is 256 g/mol. The van der Waals surface area contributed by atoms with E-state index < -0.39 is 22.5 Å². The van der Waals surface area contributed by atoms with E-state index in [-0.39, 0.29) is 5.56 Å². The van der Waals surface area contributed by atoms with Crippen molar-refractivity contribution < 1.29 is 22.8 Å². The van der Waals surface area contributed by atoms with E-state index in [1.54, 1.807) is 12.1 Å². The van der Waals surface area contributed by atoms with Crippen LogP contribution in [0.5, 0.6) is 0 Å². The molecule has 0 heterocycles. The maximum atomic E-state index is 10.7. The first-order valence-electron chi connectivity index (χ1n) is 4.29. The zero-order chi connectivity index (χ0) is 12.3. The second kappa shape index (κ2) is 5.11. The zero-order valence-corrected chi connectivity index (χ0v) is 9.94. The molecule has 0 radical (unpaired) electrons. The maximum absolute atomic E-state index is 10.7. The predicted octanol–water partition coefficient (Wildman–Crippen LogP) is 0.668. The summed E-state index contributed by atoms with van der Waals surface area (Å²) in [5, 5.41) is 19.2. The minimum Gasteiger partial charge on any atom is -0.383 e. The van der Waals surface area contributed by atoms with Crippen LogP contribution in [0.4, 0.5) is 0 Å². The third-order valence-electron chi connectivity index (χ3n) is 1.73. The van der Waals surface area contributed by atoms with Crippen molar-refractivity contribution in [2.75, 3.05) is 6.26 Å². The highest BCUT2D eigenvalue weighted by molar-refractivity contribution is 7.86. The molecule has 0 bridgehead atoms. The molecule has 0 saturated heterocycles. The van der Waals surface area contributed by atoms with Crippen LogP contribution in [-0.2, 0) is 14.3 Å². The van der Waals surface area contributed by atoms with Crippen molar-refractivity contribution in [2.24, 2.45) is 0 Å². The Morgan fingerprint density at radius 1 is 1.38 bits per heavy atom. The van der Waals surface area contributed by atoms with Gasteiger partial charge < -0.3 is 10.2 Å². The molecule has 0 aliphatic carbocycles. The van der Waals surface area contributed by atoms with E-state index in [1.807, 2.05) is 0 Å². The van der Waals surface area contributed by atoms with Gasteiger partial charge in [0.25, 0.3) is 10.1 Å². The van der Waals surface area contributed by atoms with Gasteiger partial charge in [0.15, 0.2) is 0 Å². The fraction of sp³-hybridized carbons (Fsp3) is 0.333. The molecule has 1 rings (SSSR count). The van der Waals surface area contributed by atoms with Gasteiger partial charge in [-0.15, -0.1) is 0 Å². The van der Waals surface area contributed by atoms with Crippen molar-refractivity contribution in [1.29, 1.82) is 0 Å². The maximum Gasteiger partial charge on any atom is 0.266 e. The van der Waals surface area contributed by atoms with Crippen molar-refractivity contribution in [3.63, 3.8) is 0 Å². The van der Waals surface area contributed by atoms with Crippen LogP contribution in [0.25, 0.3) is 0 Å². The summed E-state index contributed by atoms with van der Waals surface area (Å²) in [5.74, 6) is 0. The topological polar surface area (TPSA) is 83.8 Å². The quantitative estimate of drug-likeness (QED) is 0.618. The Morgan fingerprint density at radius 2 is 2.00 bits per heavy atom. The van der Waals surface area contributed by atoms with Gasteiger partial charge in [-0.05, 0) is 17.7 Å². The first-order chi connectivity index (χ1) is 7.29. The molecule has 0 aliphatic rings. The van der Waals surface area contributed by atoms with Crippen molar-refractivity contribution in [1.82, 2.24) is 0 Å². The minimum atomic E-state index is -3.83. The van der Waals surface area contributed by atoms with Crippen LogP contribution in [0, 0.1) is 0 Å². The monoisotopic (exact) mass is 266 g/mol. The standard InChI is InChI=1S/C9H11ClO5S/c1-16(13,14)15-9(12)8(11)6-3-2-4-7(10)5-6/h2-5,8-9,11-12H,1H3/t8-,9?/m1/s1. The van der Waals surface area contributed by atoms with Crippen LogP contribution in [-0.4, -0.2) is 31.2 Å². The molecule has 0 aromatic heterocycles. The average Bonchev–Trinajstić information content (AvgIpc) is 2.14. The Hall–Kier alpha value is -0.660. The van der Waals surface area contributed by atoms with Crippen LogP contribution in [0.15, 0.2) is 24.3 Å². The molecule has 2 atom stereocenters. The third-order valence-corrected chi connectivity index (χ3v) is 2.52. The van der Waals surface area contributed by atoms with E-state index >= 15 is 0 Å². The lowest BCUT2D eigenvalue weighted by Crippen LogP contribution is -2.24. The number of aliphatic hydroxyl groups is 2. The van der Waals surface area contributed by atoms with Crippen LogP contribution in [0.2, 0.25) is 5.02 Å². The number of benzene rings is 1. The Morgan fingerprint density at radius 3 is 2.50 bits per heavy atom. The smallest absolute Gasteiger partial charge is 0.266 e. The highest BCUT2D eigenvalue weighted by Crippen LogP contribution is 2.21. The lowest BCUT2D eigenvalue weighted by molar-refractivity contribution is -0.102. The Kier molecular flexibility index (Phi) is 4.28. The second-order valence-electron chi connectivity index (χ2n) is 3.19. The van der Waals surface area contributed by atoms with Crippen molar-refractivity contribution in [2.45, 2.75) is 12.4 Å². The fourth-order valence-electron chi connectivity index (χ4n) is 1.09. The number of halogens is 1. The summed E-state index contributed by atoms with van der Waals surface area (Å²) in [4.78, 5) is 0. The molecule has 1 aromatic rings. The molecule has 0 fully saturated rings. The van der Waals surface area contributed by atoms with Gasteiger partial charge in [0.05, 0.1) is 6.26 Å².